The van der Waals surface area contributed by atoms with Gasteiger partial charge in [0.15, 0.2) is 0 Å². The third-order valence-electron chi connectivity index (χ3n) is 6.02. The molecule has 6 nitrogen and oxygen atoms in total. The number of hydrogen-bond acceptors (Lipinski definition) is 5. The first-order valence-electron chi connectivity index (χ1n) is 11.2. The van der Waals surface area contributed by atoms with E-state index in [1.807, 2.05) is 24.3 Å². The van der Waals surface area contributed by atoms with E-state index in [4.69, 9.17) is 4.74 Å². The van der Waals surface area contributed by atoms with Crippen molar-refractivity contribution in [3.05, 3.63) is 76.2 Å². The highest BCUT2D eigenvalue weighted by molar-refractivity contribution is 9.10. The first-order chi connectivity index (χ1) is 16.4. The number of nitrogens with one attached hydrogen (secondary N) is 1. The number of carbonyl (C=O) groups is 1. The zero-order valence-corrected chi connectivity index (χ0v) is 20.5. The highest BCUT2D eigenvalue weighted by atomic mass is 79.9. The molecule has 2 heterocycles. The van der Waals surface area contributed by atoms with Gasteiger partial charge in [-0.25, -0.2) is 4.39 Å². The molecule has 8 heteroatoms. The van der Waals surface area contributed by atoms with Crippen molar-refractivity contribution >= 4 is 38.8 Å². The van der Waals surface area contributed by atoms with Gasteiger partial charge < -0.3 is 20.1 Å². The van der Waals surface area contributed by atoms with Crippen LogP contribution in [-0.4, -0.2) is 53.7 Å². The third kappa shape index (κ3) is 6.20. The number of nitrogens with zero attached hydrogens (tertiary/aromatic N) is 2. The Morgan fingerprint density at radius 3 is 2.82 bits per heavy atom. The molecular weight excluding hydrogens is 501 g/mol. The quantitative estimate of drug-likeness (QED) is 0.443. The number of methoxy groups -OCH3 is 1. The van der Waals surface area contributed by atoms with Crippen LogP contribution >= 0.6 is 15.9 Å². The van der Waals surface area contributed by atoms with Crippen molar-refractivity contribution in [2.24, 2.45) is 0 Å². The smallest absolute Gasteiger partial charge is 0.244 e. The zero-order valence-electron chi connectivity index (χ0n) is 18.9. The molecule has 1 amide bonds. The van der Waals surface area contributed by atoms with E-state index in [0.29, 0.717) is 16.6 Å². The number of amides is 1. The SMILES string of the molecule is COc1ccc2nccc([C@@H](O)CN3CCC(NC(=O)/C=C/c4cc(F)cc(Br)c4)CC3)c2c1. The predicted molar refractivity (Wildman–Crippen MR) is 134 cm³/mol. The normalized spacial score (nSPS) is 16.1. The number of piperidine rings is 1. The minimum absolute atomic E-state index is 0.0656. The second-order valence-corrected chi connectivity index (χ2v) is 9.33. The molecule has 4 rings (SSSR count). The zero-order chi connectivity index (χ0) is 24.1. The standard InChI is InChI=1S/C26H27BrFN3O3/c1-34-21-3-4-24-23(15-21)22(6-9-29-24)25(32)16-31-10-7-20(8-11-31)30-26(33)5-2-17-12-18(27)14-19(28)13-17/h2-6,9,12-15,20,25,32H,7-8,10-11,16H2,1H3,(H,30,33)/b5-2+/t25-/m0/s1. The summed E-state index contributed by atoms with van der Waals surface area (Å²) in [6.45, 7) is 2.05. The largest absolute Gasteiger partial charge is 0.497 e. The van der Waals surface area contributed by atoms with Crippen molar-refractivity contribution in [1.82, 2.24) is 15.2 Å². The van der Waals surface area contributed by atoms with Crippen LogP contribution in [-0.2, 0) is 4.79 Å². The van der Waals surface area contributed by atoms with Gasteiger partial charge in [0, 0.05) is 47.8 Å². The number of ether oxygens (including phenoxy) is 1. The molecule has 0 saturated carbocycles. The molecule has 1 fully saturated rings. The van der Waals surface area contributed by atoms with Crippen LogP contribution in [0.3, 0.4) is 0 Å². The summed E-state index contributed by atoms with van der Waals surface area (Å²) < 4.78 is 19.4. The molecule has 1 atom stereocenters. The van der Waals surface area contributed by atoms with E-state index in [1.165, 1.54) is 18.2 Å². The van der Waals surface area contributed by atoms with Crippen molar-refractivity contribution in [3.63, 3.8) is 0 Å². The van der Waals surface area contributed by atoms with Crippen molar-refractivity contribution in [3.8, 4) is 5.75 Å². The average molecular weight is 528 g/mol. The summed E-state index contributed by atoms with van der Waals surface area (Å²) in [6, 6.07) is 12.1. The number of pyridine rings is 1. The first-order valence-corrected chi connectivity index (χ1v) is 12.0. The maximum absolute atomic E-state index is 13.5. The number of benzene rings is 2. The van der Waals surface area contributed by atoms with E-state index in [0.717, 1.165) is 48.1 Å². The monoisotopic (exact) mass is 527 g/mol. The Bertz CT molecular complexity index is 1170. The molecule has 0 unspecified atom stereocenters. The summed E-state index contributed by atoms with van der Waals surface area (Å²) in [5.74, 6) is 0.170. The number of likely N-dealkylation sites (tertiary alicyclic amines) is 1. The van der Waals surface area contributed by atoms with E-state index in [1.54, 1.807) is 25.4 Å². The minimum Gasteiger partial charge on any atom is -0.497 e. The lowest BCUT2D eigenvalue weighted by Gasteiger charge is -2.33. The number of fused-ring (bicyclic) bond motifs is 1. The molecule has 34 heavy (non-hydrogen) atoms. The van der Waals surface area contributed by atoms with Crippen LogP contribution in [0.2, 0.25) is 0 Å². The van der Waals surface area contributed by atoms with Crippen LogP contribution < -0.4 is 10.1 Å². The summed E-state index contributed by atoms with van der Waals surface area (Å²) in [5, 5.41) is 14.8. The van der Waals surface area contributed by atoms with E-state index in [9.17, 15) is 14.3 Å². The van der Waals surface area contributed by atoms with E-state index < -0.39 is 6.10 Å². The molecule has 1 aromatic heterocycles. The van der Waals surface area contributed by atoms with Gasteiger partial charge in [-0.2, -0.15) is 0 Å². The average Bonchev–Trinajstić information content (AvgIpc) is 2.82. The van der Waals surface area contributed by atoms with Gasteiger partial charge in [0.1, 0.15) is 11.6 Å². The highest BCUT2D eigenvalue weighted by Gasteiger charge is 2.23. The fourth-order valence-electron chi connectivity index (χ4n) is 4.26. The second-order valence-electron chi connectivity index (χ2n) is 8.42. The number of aliphatic hydroxyl groups is 1. The number of carbonyl (C=O) groups excluding carboxylic acids is 1. The van der Waals surface area contributed by atoms with Gasteiger partial charge in [-0.05, 0) is 72.5 Å². The molecule has 0 spiro atoms. The van der Waals surface area contributed by atoms with Gasteiger partial charge in [-0.1, -0.05) is 15.9 Å². The number of aromatic nitrogens is 1. The third-order valence-corrected chi connectivity index (χ3v) is 6.48. The summed E-state index contributed by atoms with van der Waals surface area (Å²) >= 11 is 3.25. The molecule has 2 aromatic carbocycles. The Balaban J connectivity index is 1.30. The van der Waals surface area contributed by atoms with Crippen LogP contribution in [0.25, 0.3) is 17.0 Å². The first kappa shape index (κ1) is 24.3. The fraction of sp³-hybridized carbons (Fsp3) is 0.308. The Morgan fingerprint density at radius 2 is 2.09 bits per heavy atom. The summed E-state index contributed by atoms with van der Waals surface area (Å²) in [5.41, 5.74) is 2.26. The molecule has 3 aromatic rings. The molecule has 1 aliphatic rings. The maximum Gasteiger partial charge on any atom is 0.244 e. The summed E-state index contributed by atoms with van der Waals surface area (Å²) in [7, 11) is 1.62. The Hall–Kier alpha value is -2.81. The molecule has 0 bridgehead atoms. The van der Waals surface area contributed by atoms with Crippen LogP contribution in [0.5, 0.6) is 5.75 Å². The number of hydrogen-bond donors (Lipinski definition) is 2. The predicted octanol–water partition coefficient (Wildman–Crippen LogP) is 4.47. The van der Waals surface area contributed by atoms with Gasteiger partial charge >= 0.3 is 0 Å². The number of β-amino-alcohol motifs (C(OH)–C–C–N with tert-alkyl or cyclic N) is 1. The fourth-order valence-corrected chi connectivity index (χ4v) is 4.74. The molecule has 178 valence electrons. The molecular formula is C26H27BrFN3O3. The van der Waals surface area contributed by atoms with E-state index in [-0.39, 0.29) is 17.8 Å². The lowest BCUT2D eigenvalue weighted by Crippen LogP contribution is -2.45. The van der Waals surface area contributed by atoms with Crippen molar-refractivity contribution in [1.29, 1.82) is 0 Å². The van der Waals surface area contributed by atoms with Gasteiger partial charge in [0.2, 0.25) is 5.91 Å². The highest BCUT2D eigenvalue weighted by Crippen LogP contribution is 2.27. The molecule has 1 saturated heterocycles. The lowest BCUT2D eigenvalue weighted by molar-refractivity contribution is -0.117. The van der Waals surface area contributed by atoms with Crippen molar-refractivity contribution < 1.29 is 19.0 Å². The minimum atomic E-state index is -0.655. The topological polar surface area (TPSA) is 74.7 Å². The van der Waals surface area contributed by atoms with Crippen LogP contribution in [0.4, 0.5) is 4.39 Å². The second kappa shape index (κ2) is 11.1. The molecule has 1 aliphatic heterocycles. The molecule has 0 aliphatic carbocycles. The Kier molecular flexibility index (Phi) is 7.92. The van der Waals surface area contributed by atoms with Gasteiger partial charge in [-0.15, -0.1) is 0 Å². The van der Waals surface area contributed by atoms with E-state index in [2.05, 4.69) is 31.1 Å². The van der Waals surface area contributed by atoms with Crippen LogP contribution in [0, 0.1) is 5.82 Å². The Morgan fingerprint density at radius 1 is 1.29 bits per heavy atom. The molecule has 2 N–H and O–H groups in total. The van der Waals surface area contributed by atoms with Crippen LogP contribution in [0.15, 0.2) is 59.2 Å². The molecule has 0 radical (unpaired) electrons. The van der Waals surface area contributed by atoms with Gasteiger partial charge in [0.05, 0.1) is 18.7 Å². The van der Waals surface area contributed by atoms with Gasteiger partial charge in [0.25, 0.3) is 0 Å². The van der Waals surface area contributed by atoms with E-state index >= 15 is 0 Å². The summed E-state index contributed by atoms with van der Waals surface area (Å²) in [4.78, 5) is 18.9. The van der Waals surface area contributed by atoms with Crippen molar-refractivity contribution in [2.75, 3.05) is 26.7 Å². The Labute approximate surface area is 206 Å². The van der Waals surface area contributed by atoms with Gasteiger partial charge in [-0.3, -0.25) is 9.78 Å². The number of halogens is 2. The lowest BCUT2D eigenvalue weighted by atomic mass is 10.0. The van der Waals surface area contributed by atoms with Crippen LogP contribution in [0.1, 0.15) is 30.1 Å². The number of aliphatic hydroxyl groups excluding tert-OH is 1. The van der Waals surface area contributed by atoms with Crippen molar-refractivity contribution in [2.45, 2.75) is 25.0 Å². The number of rotatable bonds is 7. The summed E-state index contributed by atoms with van der Waals surface area (Å²) in [6.07, 6.45) is 5.68. The maximum atomic E-state index is 13.5.